The summed E-state index contributed by atoms with van der Waals surface area (Å²) in [5, 5.41) is 8.68. The molecule has 2 rings (SSSR count). The van der Waals surface area contributed by atoms with Gasteiger partial charge in [-0.2, -0.15) is 0 Å². The molecule has 1 atom stereocenters. The van der Waals surface area contributed by atoms with Gasteiger partial charge < -0.3 is 15.3 Å². The molecule has 0 saturated heterocycles. The van der Waals surface area contributed by atoms with Crippen molar-refractivity contribution in [1.82, 2.24) is 4.98 Å². The Bertz CT molecular complexity index is 507. The van der Waals surface area contributed by atoms with Crippen LogP contribution < -0.4 is 5.73 Å². The third-order valence-electron chi connectivity index (χ3n) is 2.32. The molecule has 1 heterocycles. The summed E-state index contributed by atoms with van der Waals surface area (Å²) in [7, 11) is 0. The zero-order valence-corrected chi connectivity index (χ0v) is 9.04. The van der Waals surface area contributed by atoms with Crippen LogP contribution in [0.3, 0.4) is 0 Å². The molecule has 5 heteroatoms. The highest BCUT2D eigenvalue weighted by Gasteiger charge is 2.15. The van der Waals surface area contributed by atoms with Crippen LogP contribution in [0.25, 0.3) is 11.5 Å². The smallest absolute Gasteiger partial charge is 0.320 e. The third kappa shape index (κ3) is 2.70. The van der Waals surface area contributed by atoms with Crippen LogP contribution in [0.2, 0.25) is 0 Å². The fraction of sp³-hybridized carbons (Fsp3) is 0.167. The van der Waals surface area contributed by atoms with E-state index >= 15 is 0 Å². The fourth-order valence-corrected chi connectivity index (χ4v) is 1.43. The van der Waals surface area contributed by atoms with Gasteiger partial charge in [-0.1, -0.05) is 18.2 Å². The molecule has 0 saturated carbocycles. The van der Waals surface area contributed by atoms with E-state index in [0.29, 0.717) is 11.6 Å². The van der Waals surface area contributed by atoms with Gasteiger partial charge in [-0.3, -0.25) is 4.79 Å². The maximum atomic E-state index is 10.6. The van der Waals surface area contributed by atoms with Crippen LogP contribution in [-0.2, 0) is 11.2 Å². The number of nitrogens with zero attached hydrogens (tertiary/aromatic N) is 1. The summed E-state index contributed by atoms with van der Waals surface area (Å²) in [6.07, 6.45) is 1.59. The van der Waals surface area contributed by atoms with Crippen molar-refractivity contribution < 1.29 is 14.3 Å². The van der Waals surface area contributed by atoms with Crippen LogP contribution >= 0.6 is 0 Å². The SMILES string of the molecule is NC(Cc1coc(-c2ccccc2)n1)C(=O)O. The van der Waals surface area contributed by atoms with Crippen molar-refractivity contribution in [2.75, 3.05) is 0 Å². The van der Waals surface area contributed by atoms with Crippen LogP contribution in [0.4, 0.5) is 0 Å². The Morgan fingerprint density at radius 2 is 2.12 bits per heavy atom. The molecule has 0 spiro atoms. The summed E-state index contributed by atoms with van der Waals surface area (Å²) in [6, 6.07) is 8.43. The van der Waals surface area contributed by atoms with Gasteiger partial charge in [0.05, 0.1) is 5.69 Å². The van der Waals surface area contributed by atoms with Gasteiger partial charge in [-0.25, -0.2) is 4.98 Å². The lowest BCUT2D eigenvalue weighted by Gasteiger charge is -2.01. The number of oxazole rings is 1. The van der Waals surface area contributed by atoms with Crippen molar-refractivity contribution >= 4 is 5.97 Å². The number of carboxylic acids is 1. The number of carboxylic acid groups (broad SMARTS) is 1. The number of benzene rings is 1. The second-order valence-corrected chi connectivity index (χ2v) is 3.66. The Labute approximate surface area is 97.9 Å². The number of nitrogens with two attached hydrogens (primary N) is 1. The predicted molar refractivity (Wildman–Crippen MR) is 61.3 cm³/mol. The molecular formula is C12H12N2O3. The van der Waals surface area contributed by atoms with Crippen LogP contribution in [0.1, 0.15) is 5.69 Å². The standard InChI is InChI=1S/C12H12N2O3/c13-10(12(15)16)6-9-7-17-11(14-9)8-4-2-1-3-5-8/h1-5,7,10H,6,13H2,(H,15,16). The van der Waals surface area contributed by atoms with Gasteiger partial charge in [-0.15, -0.1) is 0 Å². The average molecular weight is 232 g/mol. The average Bonchev–Trinajstić information content (AvgIpc) is 2.78. The molecule has 1 aromatic heterocycles. The molecule has 17 heavy (non-hydrogen) atoms. The molecule has 5 nitrogen and oxygen atoms in total. The van der Waals surface area contributed by atoms with Gasteiger partial charge in [0.1, 0.15) is 12.3 Å². The van der Waals surface area contributed by atoms with Gasteiger partial charge in [0, 0.05) is 12.0 Å². The van der Waals surface area contributed by atoms with Crippen molar-refractivity contribution in [3.05, 3.63) is 42.3 Å². The monoisotopic (exact) mass is 232 g/mol. The van der Waals surface area contributed by atoms with Gasteiger partial charge in [0.15, 0.2) is 0 Å². The molecule has 0 aliphatic rings. The molecule has 0 amide bonds. The van der Waals surface area contributed by atoms with Crippen LogP contribution in [0.15, 0.2) is 41.0 Å². The molecule has 1 aromatic carbocycles. The summed E-state index contributed by atoms with van der Waals surface area (Å²) in [4.78, 5) is 14.8. The van der Waals surface area contributed by atoms with E-state index in [0.717, 1.165) is 5.56 Å². The lowest BCUT2D eigenvalue weighted by Crippen LogP contribution is -2.32. The van der Waals surface area contributed by atoms with Crippen LogP contribution in [-0.4, -0.2) is 22.1 Å². The number of rotatable bonds is 4. The Balaban J connectivity index is 2.14. The first-order chi connectivity index (χ1) is 8.16. The Morgan fingerprint density at radius 3 is 2.76 bits per heavy atom. The minimum absolute atomic E-state index is 0.158. The Kier molecular flexibility index (Phi) is 3.20. The molecule has 0 radical (unpaired) electrons. The summed E-state index contributed by atoms with van der Waals surface area (Å²) >= 11 is 0. The van der Waals surface area contributed by atoms with Crippen molar-refractivity contribution in [3.63, 3.8) is 0 Å². The highest BCUT2D eigenvalue weighted by Crippen LogP contribution is 2.18. The number of hydrogen-bond acceptors (Lipinski definition) is 4. The number of carbonyl (C=O) groups is 1. The quantitative estimate of drug-likeness (QED) is 0.829. The minimum atomic E-state index is -1.05. The highest BCUT2D eigenvalue weighted by molar-refractivity contribution is 5.73. The summed E-state index contributed by atoms with van der Waals surface area (Å²) in [5.74, 6) is -0.576. The Hall–Kier alpha value is -2.14. The lowest BCUT2D eigenvalue weighted by atomic mass is 10.2. The van der Waals surface area contributed by atoms with Gasteiger partial charge in [-0.05, 0) is 12.1 Å². The van der Waals surface area contributed by atoms with E-state index in [4.69, 9.17) is 15.3 Å². The van der Waals surface area contributed by atoms with Gasteiger partial charge in [0.25, 0.3) is 0 Å². The second-order valence-electron chi connectivity index (χ2n) is 3.66. The molecule has 0 aliphatic carbocycles. The van der Waals surface area contributed by atoms with E-state index in [-0.39, 0.29) is 6.42 Å². The van der Waals surface area contributed by atoms with Gasteiger partial charge >= 0.3 is 5.97 Å². The van der Waals surface area contributed by atoms with Crippen LogP contribution in [0.5, 0.6) is 0 Å². The van der Waals surface area contributed by atoms with E-state index in [1.165, 1.54) is 6.26 Å². The molecule has 0 fully saturated rings. The molecule has 0 aliphatic heterocycles. The molecule has 1 unspecified atom stereocenters. The maximum absolute atomic E-state index is 10.6. The topological polar surface area (TPSA) is 89.4 Å². The first-order valence-electron chi connectivity index (χ1n) is 5.15. The molecule has 2 aromatic rings. The lowest BCUT2D eigenvalue weighted by molar-refractivity contribution is -0.138. The second kappa shape index (κ2) is 4.80. The Morgan fingerprint density at radius 1 is 1.41 bits per heavy atom. The largest absolute Gasteiger partial charge is 0.480 e. The van der Waals surface area contributed by atoms with E-state index < -0.39 is 12.0 Å². The summed E-state index contributed by atoms with van der Waals surface area (Å²) < 4.78 is 5.27. The van der Waals surface area contributed by atoms with Crippen molar-refractivity contribution in [2.45, 2.75) is 12.5 Å². The van der Waals surface area contributed by atoms with Crippen LogP contribution in [0, 0.1) is 0 Å². The summed E-state index contributed by atoms with van der Waals surface area (Å²) in [5.41, 5.74) is 6.81. The number of hydrogen-bond donors (Lipinski definition) is 2. The van der Waals surface area contributed by atoms with E-state index in [9.17, 15) is 4.79 Å². The first-order valence-corrected chi connectivity index (χ1v) is 5.15. The van der Waals surface area contributed by atoms with Crippen molar-refractivity contribution in [1.29, 1.82) is 0 Å². The zero-order valence-electron chi connectivity index (χ0n) is 9.04. The normalized spacial score (nSPS) is 12.3. The number of aromatic nitrogens is 1. The van der Waals surface area contributed by atoms with E-state index in [1.54, 1.807) is 0 Å². The highest BCUT2D eigenvalue weighted by atomic mass is 16.4. The maximum Gasteiger partial charge on any atom is 0.320 e. The molecule has 88 valence electrons. The van der Waals surface area contributed by atoms with Crippen molar-refractivity contribution in [2.24, 2.45) is 5.73 Å². The zero-order chi connectivity index (χ0) is 12.3. The molecular weight excluding hydrogens is 220 g/mol. The molecule has 0 bridgehead atoms. The summed E-state index contributed by atoms with van der Waals surface area (Å²) in [6.45, 7) is 0. The fourth-order valence-electron chi connectivity index (χ4n) is 1.43. The minimum Gasteiger partial charge on any atom is -0.480 e. The van der Waals surface area contributed by atoms with Gasteiger partial charge in [0.2, 0.25) is 5.89 Å². The third-order valence-corrected chi connectivity index (χ3v) is 2.32. The predicted octanol–water partition coefficient (Wildman–Crippen LogP) is 1.30. The van der Waals surface area contributed by atoms with E-state index in [2.05, 4.69) is 4.98 Å². The van der Waals surface area contributed by atoms with E-state index in [1.807, 2.05) is 30.3 Å². The molecule has 3 N–H and O–H groups in total. The van der Waals surface area contributed by atoms with Crippen molar-refractivity contribution in [3.8, 4) is 11.5 Å². The number of aliphatic carboxylic acids is 1. The first kappa shape index (κ1) is 11.3.